The van der Waals surface area contributed by atoms with Crippen LogP contribution in [0.2, 0.25) is 0 Å². The van der Waals surface area contributed by atoms with Crippen LogP contribution in [-0.2, 0) is 9.59 Å². The highest BCUT2D eigenvalue weighted by molar-refractivity contribution is 5.96. The van der Waals surface area contributed by atoms with Gasteiger partial charge in [-0.2, -0.15) is 0 Å². The Hall–Kier alpha value is -3.15. The summed E-state index contributed by atoms with van der Waals surface area (Å²) < 4.78 is 0. The predicted octanol–water partition coefficient (Wildman–Crippen LogP) is 3.11. The molecule has 1 aromatic heterocycles. The molecule has 1 aliphatic heterocycles. The average molecular weight is 348 g/mol. The first-order chi connectivity index (χ1) is 12.6. The minimum absolute atomic E-state index is 0.0711. The first-order valence-corrected chi connectivity index (χ1v) is 8.68. The Morgan fingerprint density at radius 1 is 1.23 bits per heavy atom. The first-order valence-electron chi connectivity index (χ1n) is 8.68. The van der Waals surface area contributed by atoms with Crippen LogP contribution in [0.4, 0.5) is 5.69 Å². The zero-order valence-corrected chi connectivity index (χ0v) is 14.5. The summed E-state index contributed by atoms with van der Waals surface area (Å²) in [6.07, 6.45) is 2.56. The van der Waals surface area contributed by atoms with Gasteiger partial charge in [0.25, 0.3) is 0 Å². The number of piperidine rings is 1. The monoisotopic (exact) mass is 348 g/mol. The van der Waals surface area contributed by atoms with E-state index in [1.165, 1.54) is 0 Å². The normalized spacial score (nSPS) is 20.3. The lowest BCUT2D eigenvalue weighted by Gasteiger charge is -2.38. The van der Waals surface area contributed by atoms with Crippen molar-refractivity contribution in [2.45, 2.75) is 18.9 Å². The third-order valence-electron chi connectivity index (χ3n) is 5.03. The average Bonchev–Trinajstić information content (AvgIpc) is 3.12. The predicted molar refractivity (Wildman–Crippen MR) is 99.4 cm³/mol. The molecule has 132 valence electrons. The fourth-order valence-electron chi connectivity index (χ4n) is 3.67. The van der Waals surface area contributed by atoms with Gasteiger partial charge in [0.1, 0.15) is 0 Å². The summed E-state index contributed by atoms with van der Waals surface area (Å²) >= 11 is 0. The van der Waals surface area contributed by atoms with Crippen LogP contribution in [0.1, 0.15) is 24.4 Å². The van der Waals surface area contributed by atoms with Crippen LogP contribution in [0.25, 0.3) is 11.0 Å². The van der Waals surface area contributed by atoms with Crippen molar-refractivity contribution in [1.29, 1.82) is 0 Å². The maximum absolute atomic E-state index is 13.0. The second kappa shape index (κ2) is 6.63. The highest BCUT2D eigenvalue weighted by Crippen LogP contribution is 2.36. The molecule has 3 aromatic rings. The minimum Gasteiger partial charge on any atom is -0.345 e. The molecule has 2 N–H and O–H groups in total. The molecule has 26 heavy (non-hydrogen) atoms. The SMILES string of the molecule is CN1C(=O)CC[C@H](C(=O)Nc2ccc3nc[nH]c3c2)[C@H]1c1ccccc1. The minimum atomic E-state index is -0.294. The van der Waals surface area contributed by atoms with E-state index < -0.39 is 0 Å². The van der Waals surface area contributed by atoms with E-state index in [2.05, 4.69) is 15.3 Å². The van der Waals surface area contributed by atoms with E-state index >= 15 is 0 Å². The van der Waals surface area contributed by atoms with E-state index in [0.717, 1.165) is 22.3 Å². The van der Waals surface area contributed by atoms with Gasteiger partial charge in [-0.05, 0) is 30.2 Å². The molecule has 6 heteroatoms. The molecule has 0 saturated carbocycles. The Labute approximate surface area is 151 Å². The molecule has 2 atom stereocenters. The van der Waals surface area contributed by atoms with Gasteiger partial charge in [0.15, 0.2) is 0 Å². The van der Waals surface area contributed by atoms with Gasteiger partial charge in [0, 0.05) is 19.2 Å². The number of likely N-dealkylation sites (tertiary alicyclic amines) is 1. The second-order valence-electron chi connectivity index (χ2n) is 6.63. The molecule has 0 radical (unpaired) electrons. The van der Waals surface area contributed by atoms with Crippen LogP contribution in [0.3, 0.4) is 0 Å². The third kappa shape index (κ3) is 2.94. The number of anilines is 1. The molecule has 1 aliphatic rings. The summed E-state index contributed by atoms with van der Waals surface area (Å²) in [6.45, 7) is 0. The summed E-state index contributed by atoms with van der Waals surface area (Å²) in [5.41, 5.74) is 3.43. The van der Waals surface area contributed by atoms with Crippen LogP contribution in [-0.4, -0.2) is 33.7 Å². The summed E-state index contributed by atoms with van der Waals surface area (Å²) in [4.78, 5) is 34.1. The highest BCUT2D eigenvalue weighted by Gasteiger charge is 2.38. The number of rotatable bonds is 3. The van der Waals surface area contributed by atoms with Crippen molar-refractivity contribution >= 4 is 28.5 Å². The van der Waals surface area contributed by atoms with Gasteiger partial charge in [-0.3, -0.25) is 9.59 Å². The number of nitrogens with zero attached hydrogens (tertiary/aromatic N) is 2. The maximum atomic E-state index is 13.0. The molecule has 0 unspecified atom stereocenters. The van der Waals surface area contributed by atoms with E-state index in [9.17, 15) is 9.59 Å². The van der Waals surface area contributed by atoms with Crippen LogP contribution in [0.15, 0.2) is 54.9 Å². The number of nitrogens with one attached hydrogen (secondary N) is 2. The highest BCUT2D eigenvalue weighted by atomic mass is 16.2. The smallest absolute Gasteiger partial charge is 0.229 e. The Kier molecular flexibility index (Phi) is 4.16. The van der Waals surface area contributed by atoms with E-state index in [1.807, 2.05) is 48.5 Å². The van der Waals surface area contributed by atoms with Crippen LogP contribution in [0, 0.1) is 5.92 Å². The van der Waals surface area contributed by atoms with Gasteiger partial charge in [-0.1, -0.05) is 30.3 Å². The van der Waals surface area contributed by atoms with E-state index in [-0.39, 0.29) is 23.8 Å². The Bertz CT molecular complexity index is 951. The van der Waals surface area contributed by atoms with Gasteiger partial charge in [0.2, 0.25) is 11.8 Å². The molecule has 2 heterocycles. The number of hydrogen-bond donors (Lipinski definition) is 2. The summed E-state index contributed by atoms with van der Waals surface area (Å²) in [6, 6.07) is 15.1. The Morgan fingerprint density at radius 2 is 2.04 bits per heavy atom. The molecule has 6 nitrogen and oxygen atoms in total. The van der Waals surface area contributed by atoms with Gasteiger partial charge >= 0.3 is 0 Å². The van der Waals surface area contributed by atoms with Gasteiger partial charge in [0.05, 0.1) is 29.3 Å². The summed E-state index contributed by atoms with van der Waals surface area (Å²) in [7, 11) is 1.77. The van der Waals surface area contributed by atoms with Crippen LogP contribution in [0.5, 0.6) is 0 Å². The number of amides is 2. The number of aromatic amines is 1. The molecule has 0 aliphatic carbocycles. The zero-order valence-electron chi connectivity index (χ0n) is 14.5. The van der Waals surface area contributed by atoms with Gasteiger partial charge < -0.3 is 15.2 Å². The number of H-pyrrole nitrogens is 1. The molecule has 1 saturated heterocycles. The van der Waals surface area contributed by atoms with Crippen molar-refractivity contribution in [1.82, 2.24) is 14.9 Å². The molecule has 4 rings (SSSR count). The van der Waals surface area contributed by atoms with Crippen molar-refractivity contribution < 1.29 is 9.59 Å². The van der Waals surface area contributed by atoms with Gasteiger partial charge in [-0.15, -0.1) is 0 Å². The van der Waals surface area contributed by atoms with E-state index in [1.54, 1.807) is 18.3 Å². The largest absolute Gasteiger partial charge is 0.345 e. The number of aromatic nitrogens is 2. The standard InChI is InChI=1S/C20H20N4O2/c1-24-18(25)10-8-15(19(24)13-5-3-2-4-6-13)20(26)23-14-7-9-16-17(11-14)22-12-21-16/h2-7,9,11-12,15,19H,8,10H2,1H3,(H,21,22)(H,23,26)/t15-,19+/m0/s1. The molecule has 2 aromatic carbocycles. The van der Waals surface area contributed by atoms with Gasteiger partial charge in [-0.25, -0.2) is 4.98 Å². The van der Waals surface area contributed by atoms with Crippen LogP contribution < -0.4 is 5.32 Å². The lowest BCUT2D eigenvalue weighted by molar-refractivity contribution is -0.140. The molecule has 0 bridgehead atoms. The number of benzene rings is 2. The third-order valence-corrected chi connectivity index (χ3v) is 5.03. The summed E-state index contributed by atoms with van der Waals surface area (Å²) in [5.74, 6) is -0.295. The molecule has 0 spiro atoms. The van der Waals surface area contributed by atoms with E-state index in [4.69, 9.17) is 0 Å². The van der Waals surface area contributed by atoms with Crippen molar-refractivity contribution in [3.05, 3.63) is 60.4 Å². The molecular formula is C20H20N4O2. The fourth-order valence-corrected chi connectivity index (χ4v) is 3.67. The Balaban J connectivity index is 1.60. The number of fused-ring (bicyclic) bond motifs is 1. The van der Waals surface area contributed by atoms with Crippen molar-refractivity contribution in [2.24, 2.45) is 5.92 Å². The molecule has 1 fully saturated rings. The Morgan fingerprint density at radius 3 is 2.85 bits per heavy atom. The number of carbonyl (C=O) groups excluding carboxylic acids is 2. The fraction of sp³-hybridized carbons (Fsp3) is 0.250. The van der Waals surface area contributed by atoms with Crippen molar-refractivity contribution in [3.8, 4) is 0 Å². The molecule has 2 amide bonds. The van der Waals surface area contributed by atoms with E-state index in [0.29, 0.717) is 12.8 Å². The topological polar surface area (TPSA) is 78.1 Å². The van der Waals surface area contributed by atoms with Crippen molar-refractivity contribution in [2.75, 3.05) is 12.4 Å². The second-order valence-corrected chi connectivity index (χ2v) is 6.63. The zero-order chi connectivity index (χ0) is 18.1. The lowest BCUT2D eigenvalue weighted by Crippen LogP contribution is -2.44. The number of carbonyl (C=O) groups is 2. The van der Waals surface area contributed by atoms with Crippen LogP contribution >= 0.6 is 0 Å². The van der Waals surface area contributed by atoms with Crippen molar-refractivity contribution in [3.63, 3.8) is 0 Å². The summed E-state index contributed by atoms with van der Waals surface area (Å²) in [5, 5.41) is 3.00. The maximum Gasteiger partial charge on any atom is 0.229 e. The molecular weight excluding hydrogens is 328 g/mol. The number of hydrogen-bond acceptors (Lipinski definition) is 3. The number of imidazole rings is 1. The lowest BCUT2D eigenvalue weighted by atomic mass is 9.84. The quantitative estimate of drug-likeness (QED) is 0.763. The first kappa shape index (κ1) is 16.3.